The molecule has 0 spiro atoms. The minimum atomic E-state index is -0.0901. The fourth-order valence-electron chi connectivity index (χ4n) is 2.88. The number of imidazole rings is 1. The zero-order valence-corrected chi connectivity index (χ0v) is 13.8. The fraction of sp³-hybridized carbons (Fsp3) is 0.294. The van der Waals surface area contributed by atoms with Crippen molar-refractivity contribution in [2.24, 2.45) is 14.1 Å². The molecule has 0 unspecified atom stereocenters. The molecule has 6 nitrogen and oxygen atoms in total. The maximum absolute atomic E-state index is 12.3. The number of amides is 1. The summed E-state index contributed by atoms with van der Waals surface area (Å²) in [5.41, 5.74) is 4.35. The normalized spacial score (nSPS) is 11.1. The topological polar surface area (TPSA) is 61.0 Å². The van der Waals surface area contributed by atoms with Gasteiger partial charge in [0.25, 0.3) is 0 Å². The Labute approximate surface area is 134 Å². The van der Waals surface area contributed by atoms with Gasteiger partial charge in [0.2, 0.25) is 5.91 Å². The minimum absolute atomic E-state index is 0.0814. The van der Waals surface area contributed by atoms with E-state index in [-0.39, 0.29) is 18.1 Å². The number of nitrogens with one attached hydrogen (secondary N) is 1. The number of fused-ring (bicyclic) bond motifs is 1. The van der Waals surface area contributed by atoms with Crippen LogP contribution < -0.4 is 11.0 Å². The van der Waals surface area contributed by atoms with Crippen LogP contribution in [0.15, 0.2) is 35.1 Å². The number of hydrogen-bond acceptors (Lipinski definition) is 2. The molecule has 2 aromatic heterocycles. The molecule has 3 rings (SSSR count). The van der Waals surface area contributed by atoms with Crippen molar-refractivity contribution >= 4 is 22.6 Å². The summed E-state index contributed by atoms with van der Waals surface area (Å²) in [6.07, 6.45) is 0. The Morgan fingerprint density at radius 2 is 1.61 bits per heavy atom. The molecule has 0 fully saturated rings. The second kappa shape index (κ2) is 5.46. The molecule has 23 heavy (non-hydrogen) atoms. The van der Waals surface area contributed by atoms with Gasteiger partial charge in [0.05, 0.1) is 11.0 Å². The highest BCUT2D eigenvalue weighted by atomic mass is 16.2. The summed E-state index contributed by atoms with van der Waals surface area (Å²) in [4.78, 5) is 24.2. The Hall–Kier alpha value is -2.76. The van der Waals surface area contributed by atoms with Crippen LogP contribution in [0.25, 0.3) is 11.0 Å². The van der Waals surface area contributed by atoms with Gasteiger partial charge < -0.3 is 9.88 Å². The average molecular weight is 312 g/mol. The Balaban J connectivity index is 1.85. The van der Waals surface area contributed by atoms with Crippen molar-refractivity contribution in [3.63, 3.8) is 0 Å². The number of carbonyl (C=O) groups is 1. The molecule has 3 aromatic rings. The monoisotopic (exact) mass is 312 g/mol. The maximum Gasteiger partial charge on any atom is 0.328 e. The lowest BCUT2D eigenvalue weighted by molar-refractivity contribution is -0.116. The first kappa shape index (κ1) is 15.1. The zero-order chi connectivity index (χ0) is 16.7. The first-order chi connectivity index (χ1) is 10.9. The standard InChI is InChI=1S/C17H20N4O2/c1-11-5-6-12(2)21(11)10-16(22)18-13-7-8-14-15(9-13)20(4)17(23)19(14)3/h5-9H,10H2,1-4H3,(H,18,22). The molecular weight excluding hydrogens is 292 g/mol. The Kier molecular flexibility index (Phi) is 3.60. The highest BCUT2D eigenvalue weighted by Crippen LogP contribution is 2.18. The third-order valence-corrected chi connectivity index (χ3v) is 4.27. The second-order valence-electron chi connectivity index (χ2n) is 5.85. The maximum atomic E-state index is 12.3. The van der Waals surface area contributed by atoms with Crippen molar-refractivity contribution in [3.05, 3.63) is 52.2 Å². The van der Waals surface area contributed by atoms with Crippen molar-refractivity contribution in [2.45, 2.75) is 20.4 Å². The molecule has 0 bridgehead atoms. The first-order valence-electron chi connectivity index (χ1n) is 7.46. The fourth-order valence-corrected chi connectivity index (χ4v) is 2.88. The molecule has 1 N–H and O–H groups in total. The number of aromatic nitrogens is 3. The lowest BCUT2D eigenvalue weighted by Gasteiger charge is -2.10. The van der Waals surface area contributed by atoms with Gasteiger partial charge in [-0.25, -0.2) is 4.79 Å². The van der Waals surface area contributed by atoms with E-state index in [4.69, 9.17) is 0 Å². The Morgan fingerprint density at radius 1 is 1.00 bits per heavy atom. The number of benzene rings is 1. The average Bonchev–Trinajstić information content (AvgIpc) is 2.94. The SMILES string of the molecule is Cc1ccc(C)n1CC(=O)Nc1ccc2c(c1)n(C)c(=O)n2C. The molecule has 0 atom stereocenters. The van der Waals surface area contributed by atoms with E-state index < -0.39 is 0 Å². The van der Waals surface area contributed by atoms with E-state index in [9.17, 15) is 9.59 Å². The summed E-state index contributed by atoms with van der Waals surface area (Å²) < 4.78 is 5.13. The molecule has 120 valence electrons. The van der Waals surface area contributed by atoms with Gasteiger partial charge in [-0.1, -0.05) is 0 Å². The highest BCUT2D eigenvalue weighted by molar-refractivity contribution is 5.93. The van der Waals surface area contributed by atoms with Gasteiger partial charge in [-0.05, 0) is 44.2 Å². The van der Waals surface area contributed by atoms with E-state index in [1.807, 2.05) is 48.7 Å². The van der Waals surface area contributed by atoms with Gasteiger partial charge in [-0.15, -0.1) is 0 Å². The lowest BCUT2D eigenvalue weighted by atomic mass is 10.2. The predicted molar refractivity (Wildman–Crippen MR) is 90.7 cm³/mol. The molecular formula is C17H20N4O2. The molecule has 0 saturated heterocycles. The summed E-state index contributed by atoms with van der Waals surface area (Å²) in [6, 6.07) is 9.47. The van der Waals surface area contributed by atoms with Gasteiger partial charge in [-0.2, -0.15) is 0 Å². The number of rotatable bonds is 3. The van der Waals surface area contributed by atoms with E-state index >= 15 is 0 Å². The van der Waals surface area contributed by atoms with Gasteiger partial charge in [0.1, 0.15) is 6.54 Å². The van der Waals surface area contributed by atoms with E-state index in [2.05, 4.69) is 5.32 Å². The van der Waals surface area contributed by atoms with Crippen molar-refractivity contribution in [1.82, 2.24) is 13.7 Å². The summed E-state index contributed by atoms with van der Waals surface area (Å²) in [6.45, 7) is 4.23. The summed E-state index contributed by atoms with van der Waals surface area (Å²) in [5, 5.41) is 2.90. The summed E-state index contributed by atoms with van der Waals surface area (Å²) in [5.74, 6) is -0.0901. The second-order valence-corrected chi connectivity index (χ2v) is 5.85. The van der Waals surface area contributed by atoms with Crippen LogP contribution in [0.5, 0.6) is 0 Å². The molecule has 0 saturated carbocycles. The van der Waals surface area contributed by atoms with Crippen molar-refractivity contribution in [3.8, 4) is 0 Å². The quantitative estimate of drug-likeness (QED) is 0.803. The third-order valence-electron chi connectivity index (χ3n) is 4.27. The first-order valence-corrected chi connectivity index (χ1v) is 7.46. The summed E-state index contributed by atoms with van der Waals surface area (Å²) in [7, 11) is 3.46. The molecule has 0 radical (unpaired) electrons. The number of carbonyl (C=O) groups excluding carboxylic acids is 1. The van der Waals surface area contributed by atoms with Crippen molar-refractivity contribution in [2.75, 3.05) is 5.32 Å². The van der Waals surface area contributed by atoms with Gasteiger partial charge >= 0.3 is 5.69 Å². The van der Waals surface area contributed by atoms with E-state index in [0.717, 1.165) is 22.4 Å². The lowest BCUT2D eigenvalue weighted by Crippen LogP contribution is -2.20. The minimum Gasteiger partial charge on any atom is -0.340 e. The van der Waals surface area contributed by atoms with Crippen LogP contribution in [0.1, 0.15) is 11.4 Å². The van der Waals surface area contributed by atoms with Crippen molar-refractivity contribution in [1.29, 1.82) is 0 Å². The molecule has 2 heterocycles. The van der Waals surface area contributed by atoms with Crippen LogP contribution in [-0.4, -0.2) is 19.6 Å². The van der Waals surface area contributed by atoms with Crippen LogP contribution in [0.3, 0.4) is 0 Å². The molecule has 0 aliphatic heterocycles. The number of anilines is 1. The molecule has 1 amide bonds. The third kappa shape index (κ3) is 2.56. The van der Waals surface area contributed by atoms with Gasteiger partial charge in [-0.3, -0.25) is 13.9 Å². The number of nitrogens with zero attached hydrogens (tertiary/aromatic N) is 3. The molecule has 0 aliphatic carbocycles. The predicted octanol–water partition coefficient (Wildman–Crippen LogP) is 1.93. The van der Waals surface area contributed by atoms with Crippen LogP contribution in [0.4, 0.5) is 5.69 Å². The van der Waals surface area contributed by atoms with E-state index in [1.54, 1.807) is 23.2 Å². The molecule has 0 aliphatic rings. The molecule has 6 heteroatoms. The zero-order valence-electron chi connectivity index (χ0n) is 13.8. The van der Waals surface area contributed by atoms with Gasteiger partial charge in [0, 0.05) is 31.2 Å². The highest BCUT2D eigenvalue weighted by Gasteiger charge is 2.11. The van der Waals surface area contributed by atoms with Crippen LogP contribution in [0.2, 0.25) is 0 Å². The number of aryl methyl sites for hydroxylation is 4. The van der Waals surface area contributed by atoms with Crippen LogP contribution in [0, 0.1) is 13.8 Å². The smallest absolute Gasteiger partial charge is 0.328 e. The Bertz CT molecular complexity index is 940. The van der Waals surface area contributed by atoms with E-state index in [1.165, 1.54) is 0 Å². The van der Waals surface area contributed by atoms with Gasteiger partial charge in [0.15, 0.2) is 0 Å². The van der Waals surface area contributed by atoms with Crippen molar-refractivity contribution < 1.29 is 4.79 Å². The van der Waals surface area contributed by atoms with Crippen LogP contribution >= 0.6 is 0 Å². The molecule has 1 aromatic carbocycles. The van der Waals surface area contributed by atoms with Crippen LogP contribution in [-0.2, 0) is 25.4 Å². The largest absolute Gasteiger partial charge is 0.340 e. The van der Waals surface area contributed by atoms with E-state index in [0.29, 0.717) is 5.69 Å². The summed E-state index contributed by atoms with van der Waals surface area (Å²) >= 11 is 0. The Morgan fingerprint density at radius 3 is 2.26 bits per heavy atom. The number of hydrogen-bond donors (Lipinski definition) is 1.